The van der Waals surface area contributed by atoms with Crippen LogP contribution in [0.25, 0.3) is 11.1 Å². The first-order chi connectivity index (χ1) is 11.7. The molecule has 0 atom stereocenters. The largest absolute Gasteiger partial charge is 0.426 e. The molecule has 0 aliphatic rings. The van der Waals surface area contributed by atoms with E-state index < -0.39 is 0 Å². The Labute approximate surface area is 146 Å². The minimum atomic E-state index is -0.243. The fourth-order valence-electron chi connectivity index (χ4n) is 2.28. The van der Waals surface area contributed by atoms with Gasteiger partial charge in [-0.15, -0.1) is 11.8 Å². The molecule has 0 saturated carbocycles. The number of hydrogen-bond acceptors (Lipinski definition) is 3. The zero-order valence-electron chi connectivity index (χ0n) is 13.4. The van der Waals surface area contributed by atoms with Crippen molar-refractivity contribution in [3.8, 4) is 16.9 Å². The molecule has 0 saturated heterocycles. The third-order valence-electron chi connectivity index (χ3n) is 3.57. The lowest BCUT2D eigenvalue weighted by Crippen LogP contribution is -2.10. The average Bonchev–Trinajstić information content (AvgIpc) is 2.63. The van der Waals surface area contributed by atoms with E-state index in [1.165, 1.54) is 17.3 Å². The number of carbonyl (C=O) groups is 1. The Morgan fingerprint density at radius 3 is 2.12 bits per heavy atom. The maximum absolute atomic E-state index is 12.0. The average molecular weight is 334 g/mol. The van der Waals surface area contributed by atoms with Gasteiger partial charge in [-0.05, 0) is 42.3 Å². The summed E-state index contributed by atoms with van der Waals surface area (Å²) >= 11 is 1.48. The first-order valence-corrected chi connectivity index (χ1v) is 8.75. The van der Waals surface area contributed by atoms with Crippen LogP contribution in [0.3, 0.4) is 0 Å². The van der Waals surface area contributed by atoms with Crippen molar-refractivity contribution in [1.29, 1.82) is 0 Å². The molecule has 3 heteroatoms. The maximum Gasteiger partial charge on any atom is 0.321 e. The number of thioether (sulfide) groups is 1. The first-order valence-electron chi connectivity index (χ1n) is 7.76. The lowest BCUT2D eigenvalue weighted by atomic mass is 10.1. The monoisotopic (exact) mass is 334 g/mol. The van der Waals surface area contributed by atoms with Crippen LogP contribution in [0.15, 0.2) is 83.8 Å². The van der Waals surface area contributed by atoms with Crippen molar-refractivity contribution in [2.75, 3.05) is 5.75 Å². The van der Waals surface area contributed by atoms with E-state index in [1.807, 2.05) is 73.7 Å². The van der Waals surface area contributed by atoms with Crippen LogP contribution in [0.4, 0.5) is 0 Å². The van der Waals surface area contributed by atoms with E-state index in [0.29, 0.717) is 11.5 Å². The molecule has 120 valence electrons. The fourth-order valence-corrected chi connectivity index (χ4v) is 2.96. The van der Waals surface area contributed by atoms with E-state index in [2.05, 4.69) is 12.1 Å². The van der Waals surface area contributed by atoms with Gasteiger partial charge >= 0.3 is 5.97 Å². The lowest BCUT2D eigenvalue weighted by Gasteiger charge is -2.06. The quantitative estimate of drug-likeness (QED) is 0.357. The number of hydrogen-bond donors (Lipinski definition) is 0. The van der Waals surface area contributed by atoms with Gasteiger partial charge in [-0.2, -0.15) is 0 Å². The first kappa shape index (κ1) is 16.3. The van der Waals surface area contributed by atoms with Crippen LogP contribution in [0.2, 0.25) is 0 Å². The minimum Gasteiger partial charge on any atom is -0.426 e. The van der Waals surface area contributed by atoms with Gasteiger partial charge < -0.3 is 4.74 Å². The molecule has 0 amide bonds. The van der Waals surface area contributed by atoms with Gasteiger partial charge in [0, 0.05) is 4.90 Å². The van der Waals surface area contributed by atoms with Crippen LogP contribution >= 0.6 is 11.8 Å². The molecule has 3 aromatic rings. The summed E-state index contributed by atoms with van der Waals surface area (Å²) in [6.07, 6.45) is 0. The highest BCUT2D eigenvalue weighted by atomic mass is 32.2. The molecule has 0 aromatic heterocycles. The summed E-state index contributed by atoms with van der Waals surface area (Å²) in [6, 6.07) is 25.8. The van der Waals surface area contributed by atoms with Gasteiger partial charge in [-0.1, -0.05) is 60.2 Å². The summed E-state index contributed by atoms with van der Waals surface area (Å²) in [7, 11) is 0. The second kappa shape index (κ2) is 7.84. The molecule has 0 heterocycles. The van der Waals surface area contributed by atoms with E-state index in [0.717, 1.165) is 16.0 Å². The zero-order chi connectivity index (χ0) is 16.8. The highest BCUT2D eigenvalue weighted by molar-refractivity contribution is 8.00. The fraction of sp³-hybridized carbons (Fsp3) is 0.0952. The molecule has 24 heavy (non-hydrogen) atoms. The van der Waals surface area contributed by atoms with Crippen LogP contribution in [0.5, 0.6) is 5.75 Å². The summed E-state index contributed by atoms with van der Waals surface area (Å²) in [5, 5.41) is 0. The Morgan fingerprint density at radius 2 is 1.46 bits per heavy atom. The van der Waals surface area contributed by atoms with E-state index in [1.54, 1.807) is 0 Å². The van der Waals surface area contributed by atoms with Gasteiger partial charge in [0.2, 0.25) is 0 Å². The van der Waals surface area contributed by atoms with Gasteiger partial charge in [0.25, 0.3) is 0 Å². The van der Waals surface area contributed by atoms with Crippen LogP contribution in [-0.4, -0.2) is 11.7 Å². The third kappa shape index (κ3) is 4.49. The molecule has 0 radical (unpaired) electrons. The standard InChI is InChI=1S/C21H18O2S/c1-16-7-13-20(14-8-16)24-15-21(22)23-19-11-9-18(10-12-19)17-5-3-2-4-6-17/h2-14H,15H2,1H3. The molecule has 0 aliphatic heterocycles. The lowest BCUT2D eigenvalue weighted by molar-refractivity contribution is -0.131. The van der Waals surface area contributed by atoms with Crippen LogP contribution < -0.4 is 4.74 Å². The number of rotatable bonds is 5. The second-order valence-electron chi connectivity index (χ2n) is 5.47. The molecule has 3 rings (SSSR count). The number of carbonyl (C=O) groups excluding carboxylic acids is 1. The highest BCUT2D eigenvalue weighted by Crippen LogP contribution is 2.23. The Kier molecular flexibility index (Phi) is 5.34. The third-order valence-corrected chi connectivity index (χ3v) is 4.56. The normalized spacial score (nSPS) is 10.4. The van der Waals surface area contributed by atoms with E-state index >= 15 is 0 Å². The van der Waals surface area contributed by atoms with Crippen molar-refractivity contribution in [3.05, 3.63) is 84.4 Å². The van der Waals surface area contributed by atoms with Crippen molar-refractivity contribution in [2.24, 2.45) is 0 Å². The number of esters is 1. The molecule has 2 nitrogen and oxygen atoms in total. The van der Waals surface area contributed by atoms with Gasteiger partial charge in [0.1, 0.15) is 5.75 Å². The second-order valence-corrected chi connectivity index (χ2v) is 6.51. The molecular formula is C21H18O2S. The molecule has 0 aliphatic carbocycles. The summed E-state index contributed by atoms with van der Waals surface area (Å²) in [4.78, 5) is 13.0. The van der Waals surface area contributed by atoms with Crippen molar-refractivity contribution in [1.82, 2.24) is 0 Å². The minimum absolute atomic E-state index is 0.243. The van der Waals surface area contributed by atoms with Crippen molar-refractivity contribution in [3.63, 3.8) is 0 Å². The number of benzene rings is 3. The highest BCUT2D eigenvalue weighted by Gasteiger charge is 2.06. The topological polar surface area (TPSA) is 26.3 Å². The molecule has 0 fully saturated rings. The van der Waals surface area contributed by atoms with Gasteiger partial charge in [0.15, 0.2) is 0 Å². The summed E-state index contributed by atoms with van der Waals surface area (Å²) in [5.74, 6) is 0.626. The van der Waals surface area contributed by atoms with Crippen LogP contribution in [0, 0.1) is 6.92 Å². The van der Waals surface area contributed by atoms with Crippen molar-refractivity contribution >= 4 is 17.7 Å². The molecule has 0 unspecified atom stereocenters. The van der Waals surface area contributed by atoms with Crippen LogP contribution in [-0.2, 0) is 4.79 Å². The van der Waals surface area contributed by atoms with E-state index in [-0.39, 0.29) is 5.97 Å². The molecule has 3 aromatic carbocycles. The molecule has 0 bridgehead atoms. The Morgan fingerprint density at radius 1 is 0.833 bits per heavy atom. The maximum atomic E-state index is 12.0. The molecule has 0 spiro atoms. The van der Waals surface area contributed by atoms with E-state index in [4.69, 9.17) is 4.74 Å². The Bertz CT molecular complexity index is 794. The van der Waals surface area contributed by atoms with Gasteiger partial charge in [-0.3, -0.25) is 4.79 Å². The summed E-state index contributed by atoms with van der Waals surface area (Å²) in [5.41, 5.74) is 3.45. The van der Waals surface area contributed by atoms with Crippen LogP contribution in [0.1, 0.15) is 5.56 Å². The number of aryl methyl sites for hydroxylation is 1. The smallest absolute Gasteiger partial charge is 0.321 e. The number of ether oxygens (including phenoxy) is 1. The molecular weight excluding hydrogens is 316 g/mol. The Balaban J connectivity index is 1.55. The van der Waals surface area contributed by atoms with E-state index in [9.17, 15) is 4.79 Å². The van der Waals surface area contributed by atoms with Gasteiger partial charge in [0.05, 0.1) is 5.75 Å². The predicted octanol–water partition coefficient (Wildman–Crippen LogP) is 5.36. The summed E-state index contributed by atoms with van der Waals surface area (Å²) < 4.78 is 5.39. The Hall–Kier alpha value is -2.52. The zero-order valence-corrected chi connectivity index (χ0v) is 14.3. The summed E-state index contributed by atoms with van der Waals surface area (Å²) in [6.45, 7) is 2.04. The van der Waals surface area contributed by atoms with Crippen molar-refractivity contribution < 1.29 is 9.53 Å². The SMILES string of the molecule is Cc1ccc(SCC(=O)Oc2ccc(-c3ccccc3)cc2)cc1. The van der Waals surface area contributed by atoms with Crippen molar-refractivity contribution in [2.45, 2.75) is 11.8 Å². The molecule has 0 N–H and O–H groups in total. The predicted molar refractivity (Wildman–Crippen MR) is 99.4 cm³/mol. The van der Waals surface area contributed by atoms with Gasteiger partial charge in [-0.25, -0.2) is 0 Å².